The van der Waals surface area contributed by atoms with Crippen LogP contribution in [0, 0.1) is 24.2 Å². The minimum Gasteiger partial charge on any atom is -0.456 e. The molecule has 4 nitrogen and oxygen atoms in total. The zero-order chi connectivity index (χ0) is 17.7. The van der Waals surface area contributed by atoms with Crippen LogP contribution in [0.2, 0.25) is 0 Å². The van der Waals surface area contributed by atoms with E-state index in [0.717, 1.165) is 6.42 Å². The van der Waals surface area contributed by atoms with E-state index in [0.29, 0.717) is 25.7 Å². The van der Waals surface area contributed by atoms with Crippen LogP contribution in [0.3, 0.4) is 0 Å². The lowest BCUT2D eigenvalue weighted by Crippen LogP contribution is -2.50. The van der Waals surface area contributed by atoms with Crippen molar-refractivity contribution in [1.29, 1.82) is 0 Å². The normalized spacial score (nSPS) is 24.2. The van der Waals surface area contributed by atoms with Gasteiger partial charge < -0.3 is 10.1 Å². The molecule has 0 unspecified atom stereocenters. The number of carbonyl (C=O) groups is 2. The van der Waals surface area contributed by atoms with Crippen molar-refractivity contribution in [2.24, 2.45) is 11.8 Å². The van der Waals surface area contributed by atoms with Gasteiger partial charge in [0.05, 0.1) is 17.4 Å². The highest BCUT2D eigenvalue weighted by Crippen LogP contribution is 2.32. The quantitative estimate of drug-likeness (QED) is 0.622. The fraction of sp³-hybridized carbons (Fsp3) is 0.750. The minimum absolute atomic E-state index is 0.341. The molecule has 3 atom stereocenters. The molecule has 0 aromatic heterocycles. The first-order valence-corrected chi connectivity index (χ1v) is 7.65. The van der Waals surface area contributed by atoms with E-state index < -0.39 is 42.0 Å². The Morgan fingerprint density at radius 1 is 1.26 bits per heavy atom. The highest BCUT2D eigenvalue weighted by molar-refractivity contribution is 5.86. The average Bonchev–Trinajstić information content (AvgIpc) is 2.51. The Kier molecular flexibility index (Phi) is 6.48. The van der Waals surface area contributed by atoms with Crippen molar-refractivity contribution in [2.75, 3.05) is 6.61 Å². The lowest BCUT2D eigenvalue weighted by Gasteiger charge is -2.32. The van der Waals surface area contributed by atoms with Crippen molar-refractivity contribution < 1.29 is 27.5 Å². The number of ether oxygens (including phenoxy) is 1. The number of rotatable bonds is 5. The predicted molar refractivity (Wildman–Crippen MR) is 78.1 cm³/mol. The second-order valence-electron chi connectivity index (χ2n) is 6.04. The van der Waals surface area contributed by atoms with Gasteiger partial charge in [0.2, 0.25) is 5.91 Å². The molecule has 0 aromatic carbocycles. The number of amides is 1. The van der Waals surface area contributed by atoms with Crippen LogP contribution in [0.4, 0.5) is 13.2 Å². The standard InChI is InChI=1S/C16H22F3NO3/c1-4-15(3,5-2)20-13(21)11-8-6-7-9-12(11)14(22)23-10-16(17,18)19/h1,11-12H,5-10H2,2-3H3,(H,20,21)/t11-,12+,15-/m0/s1. The molecule has 1 fully saturated rings. The van der Waals surface area contributed by atoms with Gasteiger partial charge in [-0.05, 0) is 26.2 Å². The van der Waals surface area contributed by atoms with Crippen LogP contribution in [-0.4, -0.2) is 30.2 Å². The third kappa shape index (κ3) is 5.77. The molecule has 1 aliphatic rings. The van der Waals surface area contributed by atoms with E-state index in [4.69, 9.17) is 6.42 Å². The second-order valence-corrected chi connectivity index (χ2v) is 6.04. The van der Waals surface area contributed by atoms with Crippen molar-refractivity contribution in [3.05, 3.63) is 0 Å². The van der Waals surface area contributed by atoms with Gasteiger partial charge in [-0.15, -0.1) is 6.42 Å². The van der Waals surface area contributed by atoms with Gasteiger partial charge in [-0.25, -0.2) is 0 Å². The van der Waals surface area contributed by atoms with Crippen molar-refractivity contribution in [3.8, 4) is 12.3 Å². The molecule has 7 heteroatoms. The number of terminal acetylenes is 1. The smallest absolute Gasteiger partial charge is 0.422 e. The van der Waals surface area contributed by atoms with Crippen LogP contribution < -0.4 is 5.32 Å². The van der Waals surface area contributed by atoms with E-state index in [1.807, 2.05) is 6.92 Å². The predicted octanol–water partition coefficient (Wildman–Crippen LogP) is 2.82. The van der Waals surface area contributed by atoms with E-state index in [2.05, 4.69) is 16.0 Å². The van der Waals surface area contributed by atoms with Gasteiger partial charge in [0, 0.05) is 0 Å². The van der Waals surface area contributed by atoms with E-state index >= 15 is 0 Å². The van der Waals surface area contributed by atoms with Gasteiger partial charge in [-0.1, -0.05) is 25.7 Å². The van der Waals surface area contributed by atoms with Gasteiger partial charge in [-0.3, -0.25) is 9.59 Å². The number of esters is 1. The van der Waals surface area contributed by atoms with Crippen LogP contribution in [-0.2, 0) is 14.3 Å². The highest BCUT2D eigenvalue weighted by Gasteiger charge is 2.40. The van der Waals surface area contributed by atoms with Crippen molar-refractivity contribution in [1.82, 2.24) is 5.32 Å². The number of alkyl halides is 3. The van der Waals surface area contributed by atoms with Crippen LogP contribution in [0.5, 0.6) is 0 Å². The molecule has 1 rings (SSSR count). The Bertz CT molecular complexity index is 484. The third-order valence-electron chi connectivity index (χ3n) is 4.21. The molecule has 1 N–H and O–H groups in total. The highest BCUT2D eigenvalue weighted by atomic mass is 19.4. The zero-order valence-corrected chi connectivity index (χ0v) is 13.3. The Hall–Kier alpha value is -1.71. The van der Waals surface area contributed by atoms with E-state index in [1.165, 1.54) is 0 Å². The van der Waals surface area contributed by atoms with E-state index in [9.17, 15) is 22.8 Å². The first-order valence-electron chi connectivity index (χ1n) is 7.65. The summed E-state index contributed by atoms with van der Waals surface area (Å²) in [7, 11) is 0. The molecule has 0 saturated heterocycles. The largest absolute Gasteiger partial charge is 0.456 e. The Morgan fingerprint density at radius 2 is 1.83 bits per heavy atom. The van der Waals surface area contributed by atoms with Crippen molar-refractivity contribution in [3.63, 3.8) is 0 Å². The lowest BCUT2D eigenvalue weighted by molar-refractivity contribution is -0.191. The molecular weight excluding hydrogens is 311 g/mol. The third-order valence-corrected chi connectivity index (χ3v) is 4.21. The minimum atomic E-state index is -4.58. The molecule has 0 aromatic rings. The lowest BCUT2D eigenvalue weighted by atomic mass is 9.78. The Balaban J connectivity index is 2.76. The summed E-state index contributed by atoms with van der Waals surface area (Å²) in [6, 6.07) is 0. The summed E-state index contributed by atoms with van der Waals surface area (Å²) in [6.07, 6.45) is 3.52. The summed E-state index contributed by atoms with van der Waals surface area (Å²) in [6.45, 7) is 1.87. The summed E-state index contributed by atoms with van der Waals surface area (Å²) < 4.78 is 40.8. The van der Waals surface area contributed by atoms with Gasteiger partial charge in [-0.2, -0.15) is 13.2 Å². The second kappa shape index (κ2) is 7.71. The molecule has 0 aliphatic heterocycles. The number of nitrogens with one attached hydrogen (secondary N) is 1. The number of carbonyl (C=O) groups excluding carboxylic acids is 2. The first kappa shape index (κ1) is 19.3. The molecular formula is C16H22F3NO3. The molecule has 0 bridgehead atoms. The van der Waals surface area contributed by atoms with Crippen LogP contribution in [0.25, 0.3) is 0 Å². The topological polar surface area (TPSA) is 55.4 Å². The fourth-order valence-electron chi connectivity index (χ4n) is 2.58. The summed E-state index contributed by atoms with van der Waals surface area (Å²) in [5.74, 6) is -0.444. The van der Waals surface area contributed by atoms with Gasteiger partial charge >= 0.3 is 12.1 Å². The average molecular weight is 333 g/mol. The van der Waals surface area contributed by atoms with Gasteiger partial charge in [0.1, 0.15) is 0 Å². The molecule has 1 saturated carbocycles. The molecule has 0 heterocycles. The van der Waals surface area contributed by atoms with Crippen molar-refractivity contribution >= 4 is 11.9 Å². The fourth-order valence-corrected chi connectivity index (χ4v) is 2.58. The maximum atomic E-state index is 12.4. The first-order chi connectivity index (χ1) is 10.6. The maximum Gasteiger partial charge on any atom is 0.422 e. The molecule has 1 amide bonds. The number of halogens is 3. The molecule has 23 heavy (non-hydrogen) atoms. The number of hydrogen-bond acceptors (Lipinski definition) is 3. The van der Waals surface area contributed by atoms with Gasteiger partial charge in [0.15, 0.2) is 6.61 Å². The SMILES string of the molecule is C#C[C@@](C)(CC)NC(=O)[C@H]1CCCC[C@H]1C(=O)OCC(F)(F)F. The number of hydrogen-bond donors (Lipinski definition) is 1. The summed E-state index contributed by atoms with van der Waals surface area (Å²) in [5, 5.41) is 2.71. The molecule has 0 radical (unpaired) electrons. The summed E-state index contributed by atoms with van der Waals surface area (Å²) >= 11 is 0. The maximum absolute atomic E-state index is 12.4. The van der Waals surface area contributed by atoms with Gasteiger partial charge in [0.25, 0.3) is 0 Å². The molecule has 0 spiro atoms. The van der Waals surface area contributed by atoms with Crippen LogP contribution in [0.1, 0.15) is 46.0 Å². The molecule has 1 aliphatic carbocycles. The van der Waals surface area contributed by atoms with E-state index in [-0.39, 0.29) is 0 Å². The van der Waals surface area contributed by atoms with E-state index in [1.54, 1.807) is 6.92 Å². The van der Waals surface area contributed by atoms with Crippen molar-refractivity contribution in [2.45, 2.75) is 57.7 Å². The summed E-state index contributed by atoms with van der Waals surface area (Å²) in [5.41, 5.74) is -0.838. The Labute approximate surface area is 134 Å². The van der Waals surface area contributed by atoms with Crippen LogP contribution >= 0.6 is 0 Å². The van der Waals surface area contributed by atoms with Crippen LogP contribution in [0.15, 0.2) is 0 Å². The molecule has 130 valence electrons. The summed E-state index contributed by atoms with van der Waals surface area (Å²) in [4.78, 5) is 24.3. The Morgan fingerprint density at radius 3 is 2.30 bits per heavy atom. The monoisotopic (exact) mass is 333 g/mol. The zero-order valence-electron chi connectivity index (χ0n) is 13.3.